The summed E-state index contributed by atoms with van der Waals surface area (Å²) < 4.78 is 44.6. The highest BCUT2D eigenvalue weighted by atomic mass is 32.2. The third-order valence-electron chi connectivity index (χ3n) is 6.05. The third-order valence-corrected chi connectivity index (χ3v) is 7.94. The number of anilines is 1. The number of carbonyl (C=O) groups is 1. The summed E-state index contributed by atoms with van der Waals surface area (Å²) in [6, 6.07) is 11.4. The largest absolute Gasteiger partial charge is 0.497 e. The number of nitrogens with zero attached hydrogens (tertiary/aromatic N) is 2. The van der Waals surface area contributed by atoms with Gasteiger partial charge < -0.3 is 19.1 Å². The molecule has 2 aromatic rings. The number of carbonyl (C=O) groups excluding carboxylic acids is 1. The molecule has 0 N–H and O–H groups in total. The molecule has 1 aliphatic carbocycles. The first-order chi connectivity index (χ1) is 15.8. The van der Waals surface area contributed by atoms with E-state index in [1.165, 1.54) is 35.6 Å². The van der Waals surface area contributed by atoms with Crippen LogP contribution in [0.4, 0.5) is 5.69 Å². The van der Waals surface area contributed by atoms with E-state index in [1.54, 1.807) is 44.5 Å². The smallest absolute Gasteiger partial charge is 0.243 e. The van der Waals surface area contributed by atoms with Crippen molar-refractivity contribution in [1.82, 2.24) is 4.31 Å². The van der Waals surface area contributed by atoms with Gasteiger partial charge in [0.15, 0.2) is 11.5 Å². The minimum atomic E-state index is -3.96. The summed E-state index contributed by atoms with van der Waals surface area (Å²) in [5.74, 6) is 1.06. The first kappa shape index (κ1) is 24.9. The molecule has 0 aliphatic heterocycles. The highest BCUT2D eigenvalue weighted by Gasteiger charge is 2.35. The molecule has 3 rings (SSSR count). The lowest BCUT2D eigenvalue weighted by molar-refractivity contribution is -0.119. The Labute approximate surface area is 196 Å². The maximum atomic E-state index is 13.7. The molecule has 0 saturated heterocycles. The normalized spacial score (nSPS) is 14.7. The van der Waals surface area contributed by atoms with Crippen LogP contribution in [0.15, 0.2) is 47.4 Å². The van der Waals surface area contributed by atoms with E-state index >= 15 is 0 Å². The van der Waals surface area contributed by atoms with Crippen LogP contribution in [0.1, 0.15) is 32.1 Å². The fraction of sp³-hybridized carbons (Fsp3) is 0.458. The number of rotatable bonds is 9. The first-order valence-electron chi connectivity index (χ1n) is 11.0. The fourth-order valence-corrected chi connectivity index (χ4v) is 5.74. The molecule has 1 fully saturated rings. The molecule has 0 unspecified atom stereocenters. The van der Waals surface area contributed by atoms with Gasteiger partial charge >= 0.3 is 0 Å². The van der Waals surface area contributed by atoms with Crippen LogP contribution in [0.3, 0.4) is 0 Å². The topological polar surface area (TPSA) is 85.4 Å². The average Bonchev–Trinajstić information content (AvgIpc) is 2.86. The lowest BCUT2D eigenvalue weighted by Gasteiger charge is -2.34. The van der Waals surface area contributed by atoms with E-state index in [2.05, 4.69) is 0 Å². The number of hydrogen-bond acceptors (Lipinski definition) is 6. The van der Waals surface area contributed by atoms with Crippen LogP contribution in [0.2, 0.25) is 0 Å². The number of amides is 1. The number of methoxy groups -OCH3 is 3. The second-order valence-electron chi connectivity index (χ2n) is 8.01. The van der Waals surface area contributed by atoms with Crippen LogP contribution in [0.5, 0.6) is 17.2 Å². The summed E-state index contributed by atoms with van der Waals surface area (Å²) >= 11 is 0. The lowest BCUT2D eigenvalue weighted by Crippen LogP contribution is -2.47. The van der Waals surface area contributed by atoms with Gasteiger partial charge in [-0.3, -0.25) is 4.79 Å². The molecule has 0 heterocycles. The molecule has 1 saturated carbocycles. The van der Waals surface area contributed by atoms with E-state index < -0.39 is 10.0 Å². The van der Waals surface area contributed by atoms with Gasteiger partial charge in [0.25, 0.3) is 0 Å². The molecule has 0 bridgehead atoms. The maximum absolute atomic E-state index is 13.7. The predicted octanol–water partition coefficient (Wildman–Crippen LogP) is 3.70. The Kier molecular flexibility index (Phi) is 8.20. The highest BCUT2D eigenvalue weighted by molar-refractivity contribution is 7.89. The van der Waals surface area contributed by atoms with Crippen molar-refractivity contribution >= 4 is 21.6 Å². The van der Waals surface area contributed by atoms with Crippen molar-refractivity contribution in [3.8, 4) is 17.2 Å². The van der Waals surface area contributed by atoms with Crippen molar-refractivity contribution in [2.75, 3.05) is 39.8 Å². The average molecular weight is 477 g/mol. The van der Waals surface area contributed by atoms with Crippen LogP contribution in [-0.4, -0.2) is 59.6 Å². The summed E-state index contributed by atoms with van der Waals surface area (Å²) in [7, 11) is 2.19. The molecule has 1 aliphatic rings. The molecule has 0 radical (unpaired) electrons. The van der Waals surface area contributed by atoms with Crippen molar-refractivity contribution in [3.05, 3.63) is 42.5 Å². The summed E-state index contributed by atoms with van der Waals surface area (Å²) in [4.78, 5) is 14.8. The number of ether oxygens (including phenoxy) is 3. The quantitative estimate of drug-likeness (QED) is 0.549. The third kappa shape index (κ3) is 5.59. The monoisotopic (exact) mass is 476 g/mol. The van der Waals surface area contributed by atoms with Crippen molar-refractivity contribution < 1.29 is 27.4 Å². The molecule has 9 heteroatoms. The molecular formula is C24H32N2O6S. The van der Waals surface area contributed by atoms with Crippen LogP contribution < -0.4 is 19.1 Å². The van der Waals surface area contributed by atoms with Gasteiger partial charge in [-0.1, -0.05) is 25.3 Å². The maximum Gasteiger partial charge on any atom is 0.243 e. The molecule has 33 heavy (non-hydrogen) atoms. The Morgan fingerprint density at radius 1 is 0.939 bits per heavy atom. The van der Waals surface area contributed by atoms with E-state index in [-0.39, 0.29) is 23.4 Å². The van der Waals surface area contributed by atoms with Gasteiger partial charge in [-0.2, -0.15) is 4.31 Å². The van der Waals surface area contributed by atoms with Gasteiger partial charge in [0, 0.05) is 30.9 Å². The van der Waals surface area contributed by atoms with Gasteiger partial charge in [0.05, 0.1) is 32.8 Å². The van der Waals surface area contributed by atoms with Crippen LogP contribution in [0, 0.1) is 0 Å². The minimum absolute atomic E-state index is 0.0718. The van der Waals surface area contributed by atoms with Gasteiger partial charge in [0.2, 0.25) is 15.9 Å². The Bertz CT molecular complexity index is 1070. The summed E-state index contributed by atoms with van der Waals surface area (Å²) in [6.45, 7) is -0.255. The molecule has 8 nitrogen and oxygen atoms in total. The molecular weight excluding hydrogens is 444 g/mol. The summed E-state index contributed by atoms with van der Waals surface area (Å²) in [5.41, 5.74) is 0.631. The van der Waals surface area contributed by atoms with Crippen molar-refractivity contribution in [3.63, 3.8) is 0 Å². The Morgan fingerprint density at radius 2 is 1.64 bits per heavy atom. The number of likely N-dealkylation sites (N-methyl/N-ethyl adjacent to an activating group) is 1. The second kappa shape index (κ2) is 10.9. The lowest BCUT2D eigenvalue weighted by atomic mass is 9.95. The number of benzene rings is 2. The highest BCUT2D eigenvalue weighted by Crippen LogP contribution is 2.33. The van der Waals surface area contributed by atoms with E-state index in [4.69, 9.17) is 14.2 Å². The van der Waals surface area contributed by atoms with E-state index in [0.29, 0.717) is 22.9 Å². The molecule has 1 amide bonds. The van der Waals surface area contributed by atoms with Crippen molar-refractivity contribution in [2.24, 2.45) is 0 Å². The minimum Gasteiger partial charge on any atom is -0.497 e. The Balaban J connectivity index is 1.93. The molecule has 0 aromatic heterocycles. The van der Waals surface area contributed by atoms with Gasteiger partial charge in [-0.05, 0) is 37.1 Å². The summed E-state index contributed by atoms with van der Waals surface area (Å²) in [5, 5.41) is 0. The van der Waals surface area contributed by atoms with E-state index in [9.17, 15) is 13.2 Å². The SMILES string of the molecule is COc1cccc(N(C)C(=O)CN(C2CCCCC2)S(=O)(=O)c2ccc(OC)c(OC)c2)c1. The Hall–Kier alpha value is -2.78. The number of sulfonamides is 1. The standard InChI is InChI=1S/C24H32N2O6S/c1-25(19-11-8-12-20(15-19)30-2)24(27)17-26(18-9-6-5-7-10-18)33(28,29)21-13-14-22(31-3)23(16-21)32-4/h8,11-16,18H,5-7,9-10,17H2,1-4H3. The van der Waals surface area contributed by atoms with Crippen LogP contribution in [-0.2, 0) is 14.8 Å². The summed E-state index contributed by atoms with van der Waals surface area (Å²) in [6.07, 6.45) is 4.38. The zero-order valence-corrected chi connectivity index (χ0v) is 20.4. The predicted molar refractivity (Wildman–Crippen MR) is 127 cm³/mol. The Morgan fingerprint density at radius 3 is 2.27 bits per heavy atom. The molecule has 0 atom stereocenters. The van der Waals surface area contributed by atoms with Crippen LogP contribution in [0.25, 0.3) is 0 Å². The molecule has 2 aromatic carbocycles. The van der Waals surface area contributed by atoms with Gasteiger partial charge in [-0.15, -0.1) is 0 Å². The zero-order valence-electron chi connectivity index (χ0n) is 19.6. The first-order valence-corrected chi connectivity index (χ1v) is 12.4. The van der Waals surface area contributed by atoms with Gasteiger partial charge in [-0.25, -0.2) is 8.42 Å². The van der Waals surface area contributed by atoms with Gasteiger partial charge in [0.1, 0.15) is 5.75 Å². The zero-order chi connectivity index (χ0) is 24.0. The van der Waals surface area contributed by atoms with Crippen molar-refractivity contribution in [2.45, 2.75) is 43.0 Å². The fourth-order valence-electron chi connectivity index (χ4n) is 4.09. The van der Waals surface area contributed by atoms with Crippen LogP contribution >= 0.6 is 0 Å². The molecule has 0 spiro atoms. The second-order valence-corrected chi connectivity index (χ2v) is 9.90. The van der Waals surface area contributed by atoms with E-state index in [1.807, 2.05) is 0 Å². The van der Waals surface area contributed by atoms with Crippen molar-refractivity contribution in [1.29, 1.82) is 0 Å². The number of hydrogen-bond donors (Lipinski definition) is 0. The van der Waals surface area contributed by atoms with E-state index in [0.717, 1.165) is 32.1 Å². The molecule has 180 valence electrons.